The van der Waals surface area contributed by atoms with E-state index in [-0.39, 0.29) is 0 Å². The van der Waals surface area contributed by atoms with Crippen LogP contribution in [0.3, 0.4) is 0 Å². The van der Waals surface area contributed by atoms with Gasteiger partial charge in [0.15, 0.2) is 0 Å². The fourth-order valence-electron chi connectivity index (χ4n) is 13.6. The van der Waals surface area contributed by atoms with E-state index >= 15 is 0 Å². The number of hydrogen-bond acceptors (Lipinski definition) is 0. The first kappa shape index (κ1) is 33.9. The molecule has 41 heavy (non-hydrogen) atoms. The van der Waals surface area contributed by atoms with E-state index in [0.717, 1.165) is 130 Å². The van der Waals surface area contributed by atoms with E-state index < -0.39 is 0 Å². The van der Waals surface area contributed by atoms with Crippen molar-refractivity contribution in [1.29, 1.82) is 0 Å². The molecule has 0 aromatic carbocycles. The largest absolute Gasteiger partial charge is 0.0628 e. The average molecular weight is 569 g/mol. The molecule has 4 saturated carbocycles. The van der Waals surface area contributed by atoms with E-state index in [0.29, 0.717) is 0 Å². The van der Waals surface area contributed by atoms with Crippen molar-refractivity contribution >= 4 is 0 Å². The van der Waals surface area contributed by atoms with Crippen LogP contribution < -0.4 is 0 Å². The lowest BCUT2D eigenvalue weighted by molar-refractivity contribution is -0.0453. The summed E-state index contributed by atoms with van der Waals surface area (Å²) in [5, 5.41) is 0. The Morgan fingerprint density at radius 2 is 0.951 bits per heavy atom. The minimum absolute atomic E-state index is 0.804. The van der Waals surface area contributed by atoms with Crippen molar-refractivity contribution in [2.24, 2.45) is 130 Å². The zero-order valence-corrected chi connectivity index (χ0v) is 30.8. The second-order valence-corrected chi connectivity index (χ2v) is 18.7. The molecule has 0 aromatic rings. The molecule has 0 heteroatoms. The van der Waals surface area contributed by atoms with Crippen molar-refractivity contribution in [3.8, 4) is 0 Å². The summed E-state index contributed by atoms with van der Waals surface area (Å²) in [6, 6.07) is 0. The maximum absolute atomic E-state index is 2.74. The molecule has 0 amide bonds. The van der Waals surface area contributed by atoms with E-state index in [1.54, 1.807) is 0 Å². The lowest BCUT2D eigenvalue weighted by Crippen LogP contribution is -2.47. The molecule has 0 heterocycles. The summed E-state index contributed by atoms with van der Waals surface area (Å²) in [5.74, 6) is 19.5. The minimum atomic E-state index is 0.804. The minimum Gasteiger partial charge on any atom is -0.0628 e. The molecule has 4 fully saturated rings. The van der Waals surface area contributed by atoms with Gasteiger partial charge < -0.3 is 0 Å². The Balaban J connectivity index is 1.58. The molecule has 0 aromatic heterocycles. The maximum Gasteiger partial charge on any atom is -0.0323 e. The molecule has 3 unspecified atom stereocenters. The molecule has 4 rings (SSSR count). The normalized spacial score (nSPS) is 54.0. The van der Waals surface area contributed by atoms with Gasteiger partial charge in [-0.25, -0.2) is 0 Å². The second kappa shape index (κ2) is 12.8. The first-order valence-electron chi connectivity index (χ1n) is 19.0. The van der Waals surface area contributed by atoms with Crippen LogP contribution in [0.1, 0.15) is 130 Å². The van der Waals surface area contributed by atoms with Crippen molar-refractivity contribution in [3.05, 3.63) is 0 Å². The SMILES string of the molecule is CC(C)C[C@@H]1[C@H](C(C)C)C([C@H](C)[C@@H](C)[C@@H]2CC3[C@H]([C@@H](C)[C@@H](C4[C@@H](C)[C@@H](C)[C@@H](C)[C@H]4C)[C@@H](C)[C@H]3C)[C@@H]2C)C[C@H](C)[C@@H]1C. The Kier molecular flexibility index (Phi) is 10.6. The zero-order valence-electron chi connectivity index (χ0n) is 30.8. The van der Waals surface area contributed by atoms with E-state index in [9.17, 15) is 0 Å². The Morgan fingerprint density at radius 1 is 0.463 bits per heavy atom. The molecule has 4 aliphatic carbocycles. The molecule has 20 atom stereocenters. The summed E-state index contributed by atoms with van der Waals surface area (Å²) in [6.45, 7) is 41.9. The van der Waals surface area contributed by atoms with Crippen molar-refractivity contribution < 1.29 is 0 Å². The second-order valence-electron chi connectivity index (χ2n) is 18.7. The van der Waals surface area contributed by atoms with Crippen LogP contribution in [0.4, 0.5) is 0 Å². The molecule has 0 spiro atoms. The summed E-state index contributed by atoms with van der Waals surface area (Å²) in [4.78, 5) is 0. The Labute approximate surface area is 259 Å². The number of rotatable bonds is 7. The fourth-order valence-corrected chi connectivity index (χ4v) is 13.6. The van der Waals surface area contributed by atoms with Crippen LogP contribution in [0.15, 0.2) is 0 Å². The Morgan fingerprint density at radius 3 is 1.46 bits per heavy atom. The van der Waals surface area contributed by atoms with Crippen molar-refractivity contribution in [1.82, 2.24) is 0 Å². The van der Waals surface area contributed by atoms with Gasteiger partial charge in [-0.3, -0.25) is 0 Å². The van der Waals surface area contributed by atoms with Gasteiger partial charge in [0, 0.05) is 0 Å². The third kappa shape index (κ3) is 5.78. The van der Waals surface area contributed by atoms with Crippen LogP contribution in [-0.4, -0.2) is 0 Å². The standard InChI is InChI=1S/C41H76/c1-20(2)17-35-23(6)22(5)18-36(38(35)21(3)4)27(10)26(9)34-19-37-28(11)31(14)41(33(16)39(37)32(34)15)40-29(12)24(7)25(8)30(40)13/h20-41H,17-19H2,1-16H3/t22-,23-,24-,25+,26+,27+,28+,29-,30+,31-,32+,33+,34-,35-,36?,37?,38-,39-,40?,41-/m0/s1. The summed E-state index contributed by atoms with van der Waals surface area (Å²) in [5.41, 5.74) is 0. The quantitative estimate of drug-likeness (QED) is 0.286. The summed E-state index contributed by atoms with van der Waals surface area (Å²) in [7, 11) is 0. The monoisotopic (exact) mass is 569 g/mol. The third-order valence-electron chi connectivity index (χ3n) is 16.7. The molecule has 240 valence electrons. The zero-order chi connectivity index (χ0) is 30.8. The molecular formula is C41H76. The highest BCUT2D eigenvalue weighted by Crippen LogP contribution is 2.64. The van der Waals surface area contributed by atoms with Gasteiger partial charge in [0.25, 0.3) is 0 Å². The highest BCUT2D eigenvalue weighted by atomic mass is 14.6. The smallest absolute Gasteiger partial charge is 0.0323 e. The van der Waals surface area contributed by atoms with Crippen LogP contribution >= 0.6 is 0 Å². The molecule has 0 nitrogen and oxygen atoms in total. The van der Waals surface area contributed by atoms with Gasteiger partial charge in [0.05, 0.1) is 0 Å². The maximum atomic E-state index is 2.74. The topological polar surface area (TPSA) is 0 Å². The van der Waals surface area contributed by atoms with Gasteiger partial charge in [-0.2, -0.15) is 0 Å². The fraction of sp³-hybridized carbons (Fsp3) is 1.00. The first-order valence-corrected chi connectivity index (χ1v) is 19.0. The molecule has 0 saturated heterocycles. The van der Waals surface area contributed by atoms with Gasteiger partial charge in [0.1, 0.15) is 0 Å². The Bertz CT molecular complexity index is 825. The van der Waals surface area contributed by atoms with Crippen LogP contribution in [-0.2, 0) is 0 Å². The van der Waals surface area contributed by atoms with Gasteiger partial charge >= 0.3 is 0 Å². The Hall–Kier alpha value is 0. The summed E-state index contributed by atoms with van der Waals surface area (Å²) < 4.78 is 0. The van der Waals surface area contributed by atoms with Gasteiger partial charge in [-0.05, 0) is 149 Å². The predicted molar refractivity (Wildman–Crippen MR) is 181 cm³/mol. The highest BCUT2D eigenvalue weighted by molar-refractivity contribution is 5.06. The van der Waals surface area contributed by atoms with E-state index in [2.05, 4.69) is 111 Å². The average Bonchev–Trinajstić information content (AvgIpc) is 3.34. The summed E-state index contributed by atoms with van der Waals surface area (Å²) in [6.07, 6.45) is 4.42. The molecule has 0 N–H and O–H groups in total. The third-order valence-corrected chi connectivity index (χ3v) is 16.7. The number of hydrogen-bond donors (Lipinski definition) is 0. The van der Waals surface area contributed by atoms with E-state index in [4.69, 9.17) is 0 Å². The molecular weight excluding hydrogens is 492 g/mol. The summed E-state index contributed by atoms with van der Waals surface area (Å²) >= 11 is 0. The van der Waals surface area contributed by atoms with Crippen molar-refractivity contribution in [3.63, 3.8) is 0 Å². The van der Waals surface area contributed by atoms with Crippen LogP contribution in [0.5, 0.6) is 0 Å². The van der Waals surface area contributed by atoms with Crippen LogP contribution in [0.25, 0.3) is 0 Å². The lowest BCUT2D eigenvalue weighted by Gasteiger charge is -2.52. The van der Waals surface area contributed by atoms with E-state index in [1.165, 1.54) is 19.3 Å². The van der Waals surface area contributed by atoms with Crippen LogP contribution in [0.2, 0.25) is 0 Å². The predicted octanol–water partition coefficient (Wildman–Crippen LogP) is 12.1. The first-order chi connectivity index (χ1) is 19.0. The van der Waals surface area contributed by atoms with Crippen molar-refractivity contribution in [2.45, 2.75) is 130 Å². The van der Waals surface area contributed by atoms with Gasteiger partial charge in [-0.1, -0.05) is 111 Å². The molecule has 4 aliphatic rings. The highest BCUT2D eigenvalue weighted by Gasteiger charge is 2.58. The van der Waals surface area contributed by atoms with Crippen LogP contribution in [0, 0.1) is 130 Å². The molecule has 0 aliphatic heterocycles. The van der Waals surface area contributed by atoms with Gasteiger partial charge in [-0.15, -0.1) is 0 Å². The lowest BCUT2D eigenvalue weighted by atomic mass is 9.53. The van der Waals surface area contributed by atoms with Crippen molar-refractivity contribution in [2.75, 3.05) is 0 Å². The van der Waals surface area contributed by atoms with Gasteiger partial charge in [0.2, 0.25) is 0 Å². The number of fused-ring (bicyclic) bond motifs is 1. The molecule has 0 radical (unpaired) electrons. The molecule has 0 bridgehead atoms. The van der Waals surface area contributed by atoms with E-state index in [1.807, 2.05) is 0 Å².